The van der Waals surface area contributed by atoms with E-state index in [1.165, 1.54) is 9.71 Å². The highest BCUT2D eigenvalue weighted by atomic mass is 35.5. The number of likely N-dealkylation sites (tertiary alicyclic amines) is 1. The lowest BCUT2D eigenvalue weighted by atomic mass is 9.97. The highest BCUT2D eigenvalue weighted by molar-refractivity contribution is 7.18. The van der Waals surface area contributed by atoms with Crippen LogP contribution in [-0.4, -0.2) is 33.9 Å². The first-order valence-electron chi connectivity index (χ1n) is 8.54. The molecular weight excluding hydrogens is 403 g/mol. The van der Waals surface area contributed by atoms with Crippen LogP contribution in [0, 0.1) is 0 Å². The number of halogens is 2. The molecule has 144 valence electrons. The summed E-state index contributed by atoms with van der Waals surface area (Å²) in [5.74, 6) is 0.512. The maximum absolute atomic E-state index is 12.7. The second kappa shape index (κ2) is 9.46. The van der Waals surface area contributed by atoms with E-state index in [0.717, 1.165) is 37.1 Å². The average molecular weight is 425 g/mol. The van der Waals surface area contributed by atoms with Gasteiger partial charge in [-0.05, 0) is 37.1 Å². The van der Waals surface area contributed by atoms with Crippen LogP contribution in [0.1, 0.15) is 39.8 Å². The van der Waals surface area contributed by atoms with Gasteiger partial charge < -0.3 is 10.6 Å². The van der Waals surface area contributed by atoms with Crippen molar-refractivity contribution < 1.29 is 4.79 Å². The number of nitrogens with zero attached hydrogens (tertiary/aromatic N) is 3. The lowest BCUT2D eigenvalue weighted by Crippen LogP contribution is -2.38. The molecule has 8 heteroatoms. The van der Waals surface area contributed by atoms with Gasteiger partial charge in [0, 0.05) is 37.3 Å². The Labute approximate surface area is 174 Å². The molecule has 0 spiro atoms. The molecule has 0 saturated carbocycles. The van der Waals surface area contributed by atoms with Crippen molar-refractivity contribution in [1.29, 1.82) is 0 Å². The quantitative estimate of drug-likeness (QED) is 0.688. The van der Waals surface area contributed by atoms with Gasteiger partial charge in [-0.2, -0.15) is 0 Å². The van der Waals surface area contributed by atoms with Gasteiger partial charge in [-0.15, -0.1) is 36.2 Å². The van der Waals surface area contributed by atoms with E-state index < -0.39 is 0 Å². The van der Waals surface area contributed by atoms with E-state index in [4.69, 9.17) is 10.7 Å². The normalized spacial score (nSPS) is 14.5. The van der Waals surface area contributed by atoms with Crippen LogP contribution in [0.5, 0.6) is 0 Å². The van der Waals surface area contributed by atoms with Crippen LogP contribution in [0.25, 0.3) is 10.2 Å². The van der Waals surface area contributed by atoms with Gasteiger partial charge >= 0.3 is 0 Å². The minimum absolute atomic E-state index is 0. The van der Waals surface area contributed by atoms with Crippen molar-refractivity contribution in [1.82, 2.24) is 14.9 Å². The third-order valence-electron chi connectivity index (χ3n) is 4.71. The number of rotatable bonds is 3. The SMILES string of the molecule is Cl.Cl.NCc1cc(C(=O)N2CCC(c3nc4ccccc4s3)CC2)ccn1. The van der Waals surface area contributed by atoms with E-state index >= 15 is 0 Å². The van der Waals surface area contributed by atoms with E-state index in [1.807, 2.05) is 11.0 Å². The average Bonchev–Trinajstić information content (AvgIpc) is 3.12. The molecule has 0 bridgehead atoms. The van der Waals surface area contributed by atoms with Gasteiger partial charge in [0.05, 0.1) is 20.9 Å². The topological polar surface area (TPSA) is 72.1 Å². The number of hydrogen-bond donors (Lipinski definition) is 1. The number of nitrogens with two attached hydrogens (primary N) is 1. The molecule has 0 unspecified atom stereocenters. The third kappa shape index (κ3) is 4.58. The maximum Gasteiger partial charge on any atom is 0.253 e. The van der Waals surface area contributed by atoms with E-state index in [9.17, 15) is 4.79 Å². The van der Waals surface area contributed by atoms with Crippen LogP contribution in [-0.2, 0) is 6.54 Å². The molecular formula is C19H22Cl2N4OS. The van der Waals surface area contributed by atoms with Gasteiger partial charge in [-0.25, -0.2) is 4.98 Å². The minimum atomic E-state index is 0. The molecule has 3 aromatic rings. The fourth-order valence-corrected chi connectivity index (χ4v) is 4.44. The van der Waals surface area contributed by atoms with Gasteiger partial charge in [-0.1, -0.05) is 12.1 Å². The number of aromatic nitrogens is 2. The van der Waals surface area contributed by atoms with Crippen molar-refractivity contribution in [2.24, 2.45) is 5.73 Å². The Bertz CT molecular complexity index is 876. The Morgan fingerprint density at radius 2 is 1.93 bits per heavy atom. The minimum Gasteiger partial charge on any atom is -0.339 e. The first kappa shape index (κ1) is 21.6. The zero-order chi connectivity index (χ0) is 17.2. The van der Waals surface area contributed by atoms with Crippen molar-refractivity contribution >= 4 is 52.3 Å². The van der Waals surface area contributed by atoms with Crippen molar-refractivity contribution in [3.63, 3.8) is 0 Å². The molecule has 1 aliphatic rings. The number of carbonyl (C=O) groups excluding carboxylic acids is 1. The standard InChI is InChI=1S/C19H20N4OS.2ClH/c20-12-15-11-14(5-8-21-15)19(24)23-9-6-13(7-10-23)18-22-16-3-1-2-4-17(16)25-18;;/h1-5,8,11,13H,6-7,9-10,12,20H2;2*1H. The highest BCUT2D eigenvalue weighted by Crippen LogP contribution is 2.34. The number of amides is 1. The largest absolute Gasteiger partial charge is 0.339 e. The predicted octanol–water partition coefficient (Wildman–Crippen LogP) is 4.01. The van der Waals surface area contributed by atoms with Crippen molar-refractivity contribution in [3.8, 4) is 0 Å². The highest BCUT2D eigenvalue weighted by Gasteiger charge is 2.26. The molecule has 1 amide bonds. The zero-order valence-corrected chi connectivity index (χ0v) is 17.2. The van der Waals surface area contributed by atoms with Crippen LogP contribution in [0.4, 0.5) is 0 Å². The Balaban J connectivity index is 0.00000131. The summed E-state index contributed by atoms with van der Waals surface area (Å²) in [6.45, 7) is 1.88. The molecule has 2 aromatic heterocycles. The van der Waals surface area contributed by atoms with Gasteiger partial charge in [0.2, 0.25) is 0 Å². The second-order valence-electron chi connectivity index (χ2n) is 6.33. The molecule has 0 atom stereocenters. The summed E-state index contributed by atoms with van der Waals surface area (Å²) in [5, 5.41) is 1.20. The van der Waals surface area contributed by atoms with Gasteiger partial charge in [-0.3, -0.25) is 9.78 Å². The Morgan fingerprint density at radius 1 is 1.19 bits per heavy atom. The summed E-state index contributed by atoms with van der Waals surface area (Å²) in [6, 6.07) is 11.8. The third-order valence-corrected chi connectivity index (χ3v) is 5.91. The van der Waals surface area contributed by atoms with Crippen LogP contribution in [0.3, 0.4) is 0 Å². The van der Waals surface area contributed by atoms with Crippen LogP contribution in [0.2, 0.25) is 0 Å². The smallest absolute Gasteiger partial charge is 0.253 e. The molecule has 27 heavy (non-hydrogen) atoms. The lowest BCUT2D eigenvalue weighted by Gasteiger charge is -2.31. The Hall–Kier alpha value is -1.73. The summed E-state index contributed by atoms with van der Waals surface area (Å²) in [5.41, 5.74) is 8.12. The van der Waals surface area contributed by atoms with Crippen LogP contribution >= 0.6 is 36.2 Å². The van der Waals surface area contributed by atoms with Gasteiger partial charge in [0.1, 0.15) is 0 Å². The Kier molecular flexibility index (Phi) is 7.56. The maximum atomic E-state index is 12.7. The molecule has 1 saturated heterocycles. The van der Waals surface area contributed by atoms with Gasteiger partial charge in [0.25, 0.3) is 5.91 Å². The van der Waals surface area contributed by atoms with Crippen molar-refractivity contribution in [3.05, 3.63) is 58.9 Å². The molecule has 0 radical (unpaired) electrons. The first-order chi connectivity index (χ1) is 12.2. The summed E-state index contributed by atoms with van der Waals surface area (Å²) in [7, 11) is 0. The number of benzene rings is 1. The van der Waals surface area contributed by atoms with E-state index in [0.29, 0.717) is 18.0 Å². The molecule has 0 aliphatic carbocycles. The monoisotopic (exact) mass is 424 g/mol. The summed E-state index contributed by atoms with van der Waals surface area (Å²) >= 11 is 1.78. The number of fused-ring (bicyclic) bond motifs is 1. The van der Waals surface area contributed by atoms with E-state index in [2.05, 4.69) is 23.2 Å². The molecule has 1 aliphatic heterocycles. The predicted molar refractivity (Wildman–Crippen MR) is 114 cm³/mol. The number of hydrogen-bond acceptors (Lipinski definition) is 5. The second-order valence-corrected chi connectivity index (χ2v) is 7.39. The summed E-state index contributed by atoms with van der Waals surface area (Å²) < 4.78 is 1.24. The van der Waals surface area contributed by atoms with Crippen molar-refractivity contribution in [2.45, 2.75) is 25.3 Å². The molecule has 1 fully saturated rings. The van der Waals surface area contributed by atoms with Crippen LogP contribution < -0.4 is 5.73 Å². The first-order valence-corrected chi connectivity index (χ1v) is 9.36. The number of para-hydroxylation sites is 1. The lowest BCUT2D eigenvalue weighted by molar-refractivity contribution is 0.0712. The summed E-state index contributed by atoms with van der Waals surface area (Å²) in [6.07, 6.45) is 3.57. The van der Waals surface area contributed by atoms with Gasteiger partial charge in [0.15, 0.2) is 0 Å². The number of pyridine rings is 1. The molecule has 3 heterocycles. The summed E-state index contributed by atoms with van der Waals surface area (Å²) in [4.78, 5) is 23.6. The fourth-order valence-electron chi connectivity index (χ4n) is 3.30. The molecule has 2 N–H and O–H groups in total. The van der Waals surface area contributed by atoms with Crippen LogP contribution in [0.15, 0.2) is 42.6 Å². The molecule has 4 rings (SSSR count). The van der Waals surface area contributed by atoms with Crippen molar-refractivity contribution in [2.75, 3.05) is 13.1 Å². The number of carbonyl (C=O) groups is 1. The fraction of sp³-hybridized carbons (Fsp3) is 0.316. The molecule has 1 aromatic carbocycles. The number of thiazole rings is 1. The molecule has 5 nitrogen and oxygen atoms in total. The van der Waals surface area contributed by atoms with E-state index in [1.54, 1.807) is 29.7 Å². The van der Waals surface area contributed by atoms with E-state index in [-0.39, 0.29) is 30.7 Å². The Morgan fingerprint density at radius 3 is 2.63 bits per heavy atom. The number of piperidine rings is 1. The zero-order valence-electron chi connectivity index (χ0n) is 14.7.